The fourth-order valence-corrected chi connectivity index (χ4v) is 3.01. The summed E-state index contributed by atoms with van der Waals surface area (Å²) in [4.78, 5) is 27.2. The Kier molecular flexibility index (Phi) is 8.29. The van der Waals surface area contributed by atoms with E-state index in [9.17, 15) is 0 Å². The van der Waals surface area contributed by atoms with Crippen molar-refractivity contribution in [2.75, 3.05) is 17.2 Å². The van der Waals surface area contributed by atoms with Crippen LogP contribution in [0.1, 0.15) is 5.01 Å². The van der Waals surface area contributed by atoms with E-state index >= 15 is 0 Å². The van der Waals surface area contributed by atoms with E-state index in [1.165, 1.54) is 30.3 Å². The van der Waals surface area contributed by atoms with Gasteiger partial charge in [-0.2, -0.15) is 0 Å². The molecule has 0 aromatic carbocycles. The Morgan fingerprint density at radius 1 is 0.690 bits per heavy atom. The molecule has 4 heterocycles. The molecule has 0 aliphatic rings. The fourth-order valence-electron chi connectivity index (χ4n) is 1.57. The van der Waals surface area contributed by atoms with Crippen LogP contribution in [0.2, 0.25) is 20.6 Å². The summed E-state index contributed by atoms with van der Waals surface area (Å²) in [6.07, 6.45) is 3.96. The van der Waals surface area contributed by atoms with Crippen LogP contribution in [0.25, 0.3) is 10.3 Å². The molecule has 0 aliphatic heterocycles. The first-order valence-corrected chi connectivity index (χ1v) is 9.70. The van der Waals surface area contributed by atoms with Crippen LogP contribution in [0.15, 0.2) is 19.0 Å². The molecule has 0 atom stereocenters. The smallest absolute Gasteiger partial charge is 0.159 e. The topological polar surface area (TPSA) is 168 Å². The first-order valence-electron chi connectivity index (χ1n) is 7.37. The molecular formula is C14H12Cl4N10S. The number of anilines is 3. The molecule has 0 saturated carbocycles. The molecule has 0 amide bonds. The van der Waals surface area contributed by atoms with Crippen molar-refractivity contribution < 1.29 is 0 Å². The third-order valence-electron chi connectivity index (χ3n) is 2.91. The van der Waals surface area contributed by atoms with Gasteiger partial charge >= 0.3 is 0 Å². The summed E-state index contributed by atoms with van der Waals surface area (Å²) in [5.41, 5.74) is 17.0. The molecule has 4 rings (SSSR count). The van der Waals surface area contributed by atoms with Crippen molar-refractivity contribution in [3.63, 3.8) is 0 Å². The molecule has 152 valence electrons. The third-order valence-corrected chi connectivity index (χ3v) is 4.97. The summed E-state index contributed by atoms with van der Waals surface area (Å²) in [6, 6.07) is 0. The summed E-state index contributed by atoms with van der Waals surface area (Å²) in [5.74, 6) is 0.218. The number of hydrogen-bond acceptors (Lipinski definition) is 11. The maximum atomic E-state index is 5.76. The van der Waals surface area contributed by atoms with E-state index in [0.717, 1.165) is 9.84 Å². The number of nitrogen functional groups attached to an aromatic ring is 3. The second-order valence-corrected chi connectivity index (χ2v) is 7.50. The highest BCUT2D eigenvalue weighted by atomic mass is 35.5. The van der Waals surface area contributed by atoms with Crippen molar-refractivity contribution in [1.29, 1.82) is 0 Å². The lowest BCUT2D eigenvalue weighted by Crippen LogP contribution is -1.99. The van der Waals surface area contributed by atoms with E-state index in [4.69, 9.17) is 63.6 Å². The highest BCUT2D eigenvalue weighted by Crippen LogP contribution is 2.23. The number of aryl methyl sites for hydroxylation is 1. The number of halogens is 4. The molecule has 0 radical (unpaired) electrons. The average Bonchev–Trinajstić information content (AvgIpc) is 3.07. The van der Waals surface area contributed by atoms with E-state index < -0.39 is 0 Å². The van der Waals surface area contributed by atoms with Crippen molar-refractivity contribution in [2.24, 2.45) is 0 Å². The summed E-state index contributed by atoms with van der Waals surface area (Å²) >= 11 is 23.6. The number of fused-ring (bicyclic) bond motifs is 1. The normalized spacial score (nSPS) is 9.97. The zero-order valence-corrected chi connectivity index (χ0v) is 18.4. The third kappa shape index (κ3) is 6.34. The van der Waals surface area contributed by atoms with E-state index in [1.807, 2.05) is 6.92 Å². The number of rotatable bonds is 0. The standard InChI is InChI=1S/C6H4ClN3S.C4H3Cl2N3.C4H5ClN4/c1-3-10-4-5(7)8-2-9-6(4)11-3;5-3-2(7)4(6)9-1-8-3;5-3-2(6)4(7)9-1-8-3/h2H,1H3;1H,7H2;1H,6H2,(H2,7,8,9). The number of aromatic nitrogens is 7. The van der Waals surface area contributed by atoms with Crippen LogP contribution in [0.4, 0.5) is 17.2 Å². The van der Waals surface area contributed by atoms with Gasteiger partial charge in [0, 0.05) is 0 Å². The van der Waals surface area contributed by atoms with Crippen LogP contribution in [0, 0.1) is 6.92 Å². The maximum absolute atomic E-state index is 5.76. The largest absolute Gasteiger partial charge is 0.394 e. The lowest BCUT2D eigenvalue weighted by atomic mass is 10.5. The van der Waals surface area contributed by atoms with Gasteiger partial charge in [-0.25, -0.2) is 34.9 Å². The Labute approximate surface area is 188 Å². The zero-order valence-electron chi connectivity index (χ0n) is 14.5. The predicted molar refractivity (Wildman–Crippen MR) is 117 cm³/mol. The summed E-state index contributed by atoms with van der Waals surface area (Å²) in [6.45, 7) is 1.92. The maximum Gasteiger partial charge on any atom is 0.159 e. The van der Waals surface area contributed by atoms with Crippen molar-refractivity contribution in [3.05, 3.63) is 44.6 Å². The Morgan fingerprint density at radius 3 is 1.66 bits per heavy atom. The number of nitrogens with zero attached hydrogens (tertiary/aromatic N) is 7. The Morgan fingerprint density at radius 2 is 1.17 bits per heavy atom. The van der Waals surface area contributed by atoms with Gasteiger partial charge in [-0.15, -0.1) is 0 Å². The van der Waals surface area contributed by atoms with E-state index in [0.29, 0.717) is 10.7 Å². The predicted octanol–water partition coefficient (Wildman–Crippen LogP) is 3.71. The van der Waals surface area contributed by atoms with Crippen LogP contribution < -0.4 is 17.2 Å². The van der Waals surface area contributed by atoms with E-state index in [2.05, 4.69) is 34.9 Å². The van der Waals surface area contributed by atoms with Gasteiger partial charge < -0.3 is 17.2 Å². The van der Waals surface area contributed by atoms with Crippen LogP contribution in [0.3, 0.4) is 0 Å². The molecule has 29 heavy (non-hydrogen) atoms. The van der Waals surface area contributed by atoms with Gasteiger partial charge in [0.2, 0.25) is 0 Å². The lowest BCUT2D eigenvalue weighted by molar-refractivity contribution is 1.17. The molecule has 0 fully saturated rings. The van der Waals surface area contributed by atoms with Crippen molar-refractivity contribution in [2.45, 2.75) is 6.92 Å². The first-order chi connectivity index (χ1) is 13.7. The van der Waals surface area contributed by atoms with Crippen molar-refractivity contribution in [3.8, 4) is 0 Å². The van der Waals surface area contributed by atoms with Gasteiger partial charge in [0.05, 0.1) is 5.01 Å². The van der Waals surface area contributed by atoms with Gasteiger partial charge in [-0.05, 0) is 6.92 Å². The summed E-state index contributed by atoms with van der Waals surface area (Å²) < 4.78 is 0. The molecular weight excluding hydrogens is 482 g/mol. The quantitative estimate of drug-likeness (QED) is 0.307. The zero-order chi connectivity index (χ0) is 21.6. The molecule has 0 aliphatic carbocycles. The number of nitrogens with two attached hydrogens (primary N) is 3. The minimum atomic E-state index is 0.190. The molecule has 6 N–H and O–H groups in total. The van der Waals surface area contributed by atoms with Crippen LogP contribution in [0.5, 0.6) is 0 Å². The SMILES string of the molecule is Cc1nc2c(Cl)ncnc2s1.Nc1c(Cl)ncnc1Cl.Nc1ncnc(Cl)c1N. The molecule has 15 heteroatoms. The molecule has 0 bridgehead atoms. The van der Waals surface area contributed by atoms with Crippen molar-refractivity contribution in [1.82, 2.24) is 34.9 Å². The Hall–Kier alpha value is -2.31. The molecule has 0 saturated heterocycles. The van der Waals surface area contributed by atoms with Gasteiger partial charge in [0.15, 0.2) is 26.4 Å². The van der Waals surface area contributed by atoms with E-state index in [-0.39, 0.29) is 32.7 Å². The number of hydrogen-bond donors (Lipinski definition) is 3. The Balaban J connectivity index is 0.000000157. The average molecular weight is 494 g/mol. The highest BCUT2D eigenvalue weighted by Gasteiger charge is 2.05. The van der Waals surface area contributed by atoms with Gasteiger partial charge in [0.1, 0.15) is 40.7 Å². The summed E-state index contributed by atoms with van der Waals surface area (Å²) in [5, 5.41) is 1.97. The van der Waals surface area contributed by atoms with Gasteiger partial charge in [-0.3, -0.25) is 0 Å². The van der Waals surface area contributed by atoms with Crippen LogP contribution in [-0.2, 0) is 0 Å². The van der Waals surface area contributed by atoms with Crippen LogP contribution >= 0.6 is 57.7 Å². The van der Waals surface area contributed by atoms with Crippen molar-refractivity contribution >= 4 is 85.3 Å². The lowest BCUT2D eigenvalue weighted by Gasteiger charge is -1.96. The number of thiazole rings is 1. The first kappa shape index (κ1) is 23.0. The minimum Gasteiger partial charge on any atom is -0.394 e. The fraction of sp³-hybridized carbons (Fsp3) is 0.0714. The highest BCUT2D eigenvalue weighted by molar-refractivity contribution is 7.18. The second-order valence-electron chi connectivity index (χ2n) is 4.88. The van der Waals surface area contributed by atoms with Gasteiger partial charge in [0.25, 0.3) is 0 Å². The monoisotopic (exact) mass is 492 g/mol. The minimum absolute atomic E-state index is 0.190. The summed E-state index contributed by atoms with van der Waals surface area (Å²) in [7, 11) is 0. The Bertz CT molecular complexity index is 1030. The molecule has 4 aromatic heterocycles. The molecule has 4 aromatic rings. The molecule has 0 unspecified atom stereocenters. The molecule has 0 spiro atoms. The van der Waals surface area contributed by atoms with Gasteiger partial charge in [-0.1, -0.05) is 57.7 Å². The molecule has 10 nitrogen and oxygen atoms in total. The second kappa shape index (κ2) is 10.5. The van der Waals surface area contributed by atoms with Crippen LogP contribution in [-0.4, -0.2) is 34.9 Å². The van der Waals surface area contributed by atoms with E-state index in [1.54, 1.807) is 0 Å².